The Morgan fingerprint density at radius 1 is 1.09 bits per heavy atom. The van der Waals surface area contributed by atoms with Crippen molar-refractivity contribution in [3.63, 3.8) is 0 Å². The van der Waals surface area contributed by atoms with E-state index in [1.54, 1.807) is 13.2 Å². The lowest BCUT2D eigenvalue weighted by molar-refractivity contribution is -0.126. The average molecular weight is 626 g/mol. The Balaban J connectivity index is 1.08. The maximum atomic E-state index is 13.3. The van der Waals surface area contributed by atoms with Crippen LogP contribution in [0.15, 0.2) is 83.5 Å². The van der Waals surface area contributed by atoms with E-state index in [2.05, 4.69) is 80.0 Å². The Morgan fingerprint density at radius 3 is 2.80 bits per heavy atom. The summed E-state index contributed by atoms with van der Waals surface area (Å²) in [7, 11) is 2.08. The molecule has 0 spiro atoms. The zero-order valence-electron chi connectivity index (χ0n) is 25.6. The summed E-state index contributed by atoms with van der Waals surface area (Å²) in [5, 5.41) is 13.4. The average Bonchev–Trinajstić information content (AvgIpc) is 3.30. The number of thiazole rings is 1. The van der Waals surface area contributed by atoms with Crippen LogP contribution >= 0.6 is 11.3 Å². The van der Waals surface area contributed by atoms with Gasteiger partial charge < -0.3 is 20.2 Å². The van der Waals surface area contributed by atoms with Crippen molar-refractivity contribution in [3.05, 3.63) is 95.7 Å². The highest BCUT2D eigenvalue weighted by molar-refractivity contribution is 7.22. The number of epoxide rings is 1. The predicted molar refractivity (Wildman–Crippen MR) is 177 cm³/mol. The van der Waals surface area contributed by atoms with Crippen LogP contribution in [-0.2, 0) is 29.0 Å². The van der Waals surface area contributed by atoms with Gasteiger partial charge in [0, 0.05) is 45.2 Å². The van der Waals surface area contributed by atoms with Crippen LogP contribution < -0.4 is 16.4 Å². The number of carbonyl (C=O) groups excluding carboxylic acids is 1. The van der Waals surface area contributed by atoms with Gasteiger partial charge >= 0.3 is 0 Å². The van der Waals surface area contributed by atoms with Gasteiger partial charge in [-0.15, -0.1) is 0 Å². The van der Waals surface area contributed by atoms with E-state index < -0.39 is 0 Å². The number of hydrazine groups is 1. The first-order valence-corrected chi connectivity index (χ1v) is 16.3. The Hall–Kier alpha value is -3.68. The number of para-hydroxylation sites is 1. The number of carbonyl (C=O) groups is 1. The third-order valence-electron chi connectivity index (χ3n) is 8.88. The number of nitrogens with one attached hydrogen (secondary N) is 2. The molecular formula is C34H39N7O3S. The number of furan rings is 1. The molecular weight excluding hydrogens is 586 g/mol. The topological polar surface area (TPSA) is 115 Å². The Morgan fingerprint density at radius 2 is 1.96 bits per heavy atom. The van der Waals surface area contributed by atoms with Gasteiger partial charge in [0.25, 0.3) is 0 Å². The van der Waals surface area contributed by atoms with Crippen molar-refractivity contribution in [2.75, 3.05) is 32.4 Å². The molecule has 7 rings (SSSR count). The van der Waals surface area contributed by atoms with E-state index in [4.69, 9.17) is 14.9 Å². The number of benzene rings is 3. The van der Waals surface area contributed by atoms with Gasteiger partial charge in [0.15, 0.2) is 17.6 Å². The number of nitrogens with two attached hydrogens (primary N) is 1. The van der Waals surface area contributed by atoms with Crippen molar-refractivity contribution < 1.29 is 13.9 Å². The second-order valence-corrected chi connectivity index (χ2v) is 12.9. The van der Waals surface area contributed by atoms with Crippen LogP contribution in [0.4, 0.5) is 5.13 Å². The molecule has 5 aromatic rings. The van der Waals surface area contributed by atoms with E-state index in [0.717, 1.165) is 51.9 Å². The standard InChI is InChI=1S/C34H39N7O3S/c1-22(42)27(18-24-11-12-28-25(17-24)13-16-43-28)40-14-15-41(39(2)33-32(44-33)37-19-23-7-4-3-5-8-23)30(40)21-36-20-26-9-6-10-29-31(26)38-34(35)45-29/h3-13,16-17,27,30,32-33,36-37H,14-15,18-21H2,1-2H3,(H2,35,38)/t27?,30-,32?,33?/m0/s1. The molecule has 3 unspecified atom stereocenters. The highest BCUT2D eigenvalue weighted by atomic mass is 32.1. The molecule has 4 atom stereocenters. The largest absolute Gasteiger partial charge is 0.464 e. The van der Waals surface area contributed by atoms with Crippen LogP contribution in [0.3, 0.4) is 0 Å². The molecule has 0 amide bonds. The smallest absolute Gasteiger partial charge is 0.181 e. The van der Waals surface area contributed by atoms with Crippen molar-refractivity contribution in [1.82, 2.24) is 30.5 Å². The van der Waals surface area contributed by atoms with E-state index in [-0.39, 0.29) is 30.4 Å². The number of anilines is 1. The van der Waals surface area contributed by atoms with Gasteiger partial charge in [-0.2, -0.15) is 0 Å². The lowest BCUT2D eigenvalue weighted by atomic mass is 10.00. The molecule has 2 saturated heterocycles. The Labute approximate surface area is 266 Å². The molecule has 4 N–H and O–H groups in total. The SMILES string of the molecule is CC(=O)C(Cc1ccc2occc2c1)N1CCN(N(C)C2OC2NCc2ccccc2)[C@H]1CNCc1cccc2sc(N)nc12. The maximum Gasteiger partial charge on any atom is 0.181 e. The van der Waals surface area contributed by atoms with Crippen molar-refractivity contribution in [3.8, 4) is 0 Å². The summed E-state index contributed by atoms with van der Waals surface area (Å²) in [4.78, 5) is 20.2. The van der Waals surface area contributed by atoms with Crippen molar-refractivity contribution in [2.45, 2.75) is 51.1 Å². The Kier molecular flexibility index (Phi) is 8.65. The summed E-state index contributed by atoms with van der Waals surface area (Å²) >= 11 is 1.50. The molecule has 0 radical (unpaired) electrons. The van der Waals surface area contributed by atoms with E-state index in [0.29, 0.717) is 24.6 Å². The fourth-order valence-electron chi connectivity index (χ4n) is 6.50. The summed E-state index contributed by atoms with van der Waals surface area (Å²) < 4.78 is 12.7. The van der Waals surface area contributed by atoms with Crippen molar-refractivity contribution >= 4 is 43.4 Å². The number of rotatable bonds is 13. The van der Waals surface area contributed by atoms with E-state index in [9.17, 15) is 4.79 Å². The second kappa shape index (κ2) is 13.0. The quantitative estimate of drug-likeness (QED) is 0.165. The third kappa shape index (κ3) is 6.52. The number of ketones is 1. The van der Waals surface area contributed by atoms with Crippen LogP contribution in [0.2, 0.25) is 0 Å². The highest BCUT2D eigenvalue weighted by Crippen LogP contribution is 2.31. The lowest BCUT2D eigenvalue weighted by Crippen LogP contribution is -2.56. The normalized spacial score (nSPS) is 21.3. The van der Waals surface area contributed by atoms with Gasteiger partial charge in [-0.25, -0.2) is 15.0 Å². The minimum Gasteiger partial charge on any atom is -0.464 e. The van der Waals surface area contributed by atoms with Gasteiger partial charge in [-0.3, -0.25) is 15.0 Å². The number of nitrogens with zero attached hydrogens (tertiary/aromatic N) is 4. The zero-order valence-corrected chi connectivity index (χ0v) is 26.4. The fourth-order valence-corrected chi connectivity index (χ4v) is 7.28. The molecule has 2 aliphatic heterocycles. The number of Topliss-reactive ketones (excluding diaryl/α,β-unsaturated/α-hetero) is 1. The minimum atomic E-state index is -0.270. The monoisotopic (exact) mass is 625 g/mol. The van der Waals surface area contributed by atoms with E-state index in [1.807, 2.05) is 30.3 Å². The number of nitrogen functional groups attached to an aromatic ring is 1. The van der Waals surface area contributed by atoms with Crippen molar-refractivity contribution in [2.24, 2.45) is 0 Å². The van der Waals surface area contributed by atoms with E-state index in [1.165, 1.54) is 16.9 Å². The molecule has 2 aromatic heterocycles. The zero-order chi connectivity index (χ0) is 30.9. The van der Waals surface area contributed by atoms with Crippen molar-refractivity contribution in [1.29, 1.82) is 0 Å². The number of hydrogen-bond acceptors (Lipinski definition) is 11. The van der Waals surface area contributed by atoms with Crippen LogP contribution in [0.1, 0.15) is 23.6 Å². The molecule has 234 valence electrons. The summed E-state index contributed by atoms with van der Waals surface area (Å²) in [5.41, 5.74) is 11.3. The molecule has 0 saturated carbocycles. The van der Waals surface area contributed by atoms with Crippen LogP contribution in [0.25, 0.3) is 21.2 Å². The first-order chi connectivity index (χ1) is 21.9. The second-order valence-electron chi connectivity index (χ2n) is 11.8. The molecule has 45 heavy (non-hydrogen) atoms. The number of likely N-dealkylation sites (N-methyl/N-ethyl adjacent to an activating group) is 1. The van der Waals surface area contributed by atoms with Gasteiger partial charge in [0.05, 0.1) is 28.7 Å². The fraction of sp³-hybridized carbons (Fsp3) is 0.353. The van der Waals surface area contributed by atoms with Crippen LogP contribution in [0, 0.1) is 0 Å². The molecule has 10 nitrogen and oxygen atoms in total. The number of hydrogen-bond donors (Lipinski definition) is 3. The first-order valence-electron chi connectivity index (χ1n) is 15.4. The summed E-state index contributed by atoms with van der Waals surface area (Å²) in [6, 6.07) is 24.4. The molecule has 11 heteroatoms. The number of aromatic nitrogens is 1. The van der Waals surface area contributed by atoms with Crippen LogP contribution in [0.5, 0.6) is 0 Å². The predicted octanol–water partition coefficient (Wildman–Crippen LogP) is 4.18. The number of fused-ring (bicyclic) bond motifs is 2. The maximum absolute atomic E-state index is 13.3. The third-order valence-corrected chi connectivity index (χ3v) is 9.73. The highest BCUT2D eigenvalue weighted by Gasteiger charge is 2.48. The van der Waals surface area contributed by atoms with Gasteiger partial charge in [-0.05, 0) is 54.3 Å². The lowest BCUT2D eigenvalue weighted by Gasteiger charge is -2.38. The molecule has 2 fully saturated rings. The summed E-state index contributed by atoms with van der Waals surface area (Å²) in [5.74, 6) is 0.157. The first kappa shape index (κ1) is 30.0. The molecule has 2 aliphatic rings. The summed E-state index contributed by atoms with van der Waals surface area (Å²) in [6.45, 7) is 5.30. The van der Waals surface area contributed by atoms with E-state index >= 15 is 0 Å². The molecule has 0 aliphatic carbocycles. The van der Waals surface area contributed by atoms with Gasteiger partial charge in [0.2, 0.25) is 0 Å². The minimum absolute atomic E-state index is 0.0553. The molecule has 3 aromatic carbocycles. The summed E-state index contributed by atoms with van der Waals surface area (Å²) in [6.07, 6.45) is 2.14. The van der Waals surface area contributed by atoms with Gasteiger partial charge in [-0.1, -0.05) is 59.9 Å². The van der Waals surface area contributed by atoms with Crippen LogP contribution in [-0.4, -0.2) is 77.0 Å². The Bertz CT molecular complexity index is 1780. The number of ether oxygens (including phenoxy) is 1. The molecule has 4 heterocycles. The van der Waals surface area contributed by atoms with Gasteiger partial charge in [0.1, 0.15) is 11.4 Å². The molecule has 0 bridgehead atoms.